The number of phenolic OH excluding ortho intramolecular Hbond substituents is 2. The Kier molecular flexibility index (Phi) is 9.80. The Labute approximate surface area is 165 Å². The molecule has 0 saturated heterocycles. The zero-order chi connectivity index (χ0) is 16.9. The van der Waals surface area contributed by atoms with Crippen LogP contribution < -0.4 is 0 Å². The van der Waals surface area contributed by atoms with Crippen molar-refractivity contribution in [1.29, 1.82) is 0 Å². The maximum absolute atomic E-state index is 10.3. The minimum absolute atomic E-state index is 0. The van der Waals surface area contributed by atoms with Gasteiger partial charge in [-0.3, -0.25) is 9.59 Å². The molecule has 0 atom stereocenters. The fourth-order valence-electron chi connectivity index (χ4n) is 1.35. The normalized spacial score (nSPS) is 9.22. The van der Waals surface area contributed by atoms with Gasteiger partial charge in [0.2, 0.25) is 0 Å². The van der Waals surface area contributed by atoms with E-state index in [9.17, 15) is 9.59 Å². The molecule has 0 aliphatic rings. The molecule has 0 bridgehead atoms. The topological polar surface area (TPSA) is 74.6 Å². The van der Waals surface area contributed by atoms with Gasteiger partial charge in [-0.1, -0.05) is 46.4 Å². The third-order valence-electron chi connectivity index (χ3n) is 2.37. The molecule has 0 aliphatic heterocycles. The van der Waals surface area contributed by atoms with E-state index in [2.05, 4.69) is 0 Å². The smallest absolute Gasteiger partial charge is 0.153 e. The molecule has 0 aromatic heterocycles. The van der Waals surface area contributed by atoms with Crippen LogP contribution in [0.4, 0.5) is 0 Å². The minimum atomic E-state index is -0.230. The van der Waals surface area contributed by atoms with Gasteiger partial charge >= 0.3 is 0 Å². The first-order valence-electron chi connectivity index (χ1n) is 5.56. The predicted octanol–water partition coefficient (Wildman–Crippen LogP) is 5.02. The van der Waals surface area contributed by atoms with Gasteiger partial charge in [-0.2, -0.15) is 0 Å². The van der Waals surface area contributed by atoms with E-state index in [0.717, 1.165) is 0 Å². The fourth-order valence-corrected chi connectivity index (χ4v) is 2.37. The maximum atomic E-state index is 10.3. The van der Waals surface area contributed by atoms with Crippen LogP contribution in [0.2, 0.25) is 20.1 Å². The number of aldehydes is 2. The van der Waals surface area contributed by atoms with Gasteiger partial charge in [0.1, 0.15) is 11.5 Å². The molecule has 0 heterocycles. The Hall–Kier alpha value is -0.798. The van der Waals surface area contributed by atoms with E-state index in [1.807, 2.05) is 0 Å². The van der Waals surface area contributed by atoms with Gasteiger partial charge in [0.25, 0.3) is 0 Å². The molecule has 0 unspecified atom stereocenters. The quantitative estimate of drug-likeness (QED) is 0.460. The van der Waals surface area contributed by atoms with Crippen LogP contribution in [0.1, 0.15) is 20.7 Å². The van der Waals surface area contributed by atoms with Crippen molar-refractivity contribution in [3.8, 4) is 11.5 Å². The Bertz CT molecular complexity index is 661. The molecular formula is C14H8Cl4O4Pd. The molecule has 2 aromatic carbocycles. The van der Waals surface area contributed by atoms with Gasteiger partial charge in [0.05, 0.1) is 21.2 Å². The first kappa shape index (κ1) is 22.2. The van der Waals surface area contributed by atoms with E-state index in [-0.39, 0.29) is 53.1 Å². The maximum Gasteiger partial charge on any atom is 0.153 e. The largest absolute Gasteiger partial charge is 0.506 e. The first-order chi connectivity index (χ1) is 10.3. The number of aromatic hydroxyl groups is 2. The summed E-state index contributed by atoms with van der Waals surface area (Å²) in [6.07, 6.45) is 0.986. The van der Waals surface area contributed by atoms with Crippen LogP contribution in [-0.2, 0) is 20.4 Å². The summed E-state index contributed by atoms with van der Waals surface area (Å²) in [6, 6.07) is 5.42. The molecule has 2 rings (SSSR count). The number of rotatable bonds is 2. The summed E-state index contributed by atoms with van der Waals surface area (Å²) < 4.78 is 0. The Morgan fingerprint density at radius 1 is 0.696 bits per heavy atom. The summed E-state index contributed by atoms with van der Waals surface area (Å²) in [5, 5.41) is 19.0. The zero-order valence-corrected chi connectivity index (χ0v) is 15.6. The van der Waals surface area contributed by atoms with Crippen molar-refractivity contribution in [2.75, 3.05) is 0 Å². The van der Waals surface area contributed by atoms with Crippen molar-refractivity contribution in [2.45, 2.75) is 0 Å². The third-order valence-corrected chi connectivity index (χ3v) is 3.38. The van der Waals surface area contributed by atoms with Gasteiger partial charge in [-0.25, -0.2) is 0 Å². The Morgan fingerprint density at radius 3 is 1.26 bits per heavy atom. The monoisotopic (exact) mass is 486 g/mol. The molecule has 0 saturated carbocycles. The summed E-state index contributed by atoms with van der Waals surface area (Å²) >= 11 is 22.1. The fraction of sp³-hybridized carbons (Fsp3) is 0. The van der Waals surface area contributed by atoms with Crippen molar-refractivity contribution < 1.29 is 40.2 Å². The number of hydrogen-bond donors (Lipinski definition) is 2. The SMILES string of the molecule is O=Cc1cc(Cl)cc(Cl)c1O.O=Cc1cc(Cl)cc(Cl)c1O.[Pd]. The molecule has 0 aliphatic carbocycles. The van der Waals surface area contributed by atoms with Crippen molar-refractivity contribution in [1.82, 2.24) is 0 Å². The molecule has 126 valence electrons. The van der Waals surface area contributed by atoms with Crippen LogP contribution in [0.3, 0.4) is 0 Å². The standard InChI is InChI=1S/2C7H4Cl2O2.Pd/c2*8-5-1-4(3-10)7(11)6(9)2-5;/h2*1-3,11H;. The number of phenols is 2. The van der Waals surface area contributed by atoms with E-state index < -0.39 is 0 Å². The van der Waals surface area contributed by atoms with Crippen LogP contribution in [-0.4, -0.2) is 22.8 Å². The Balaban J connectivity index is 0.000000403. The summed E-state index contributed by atoms with van der Waals surface area (Å²) in [4.78, 5) is 20.5. The van der Waals surface area contributed by atoms with Crippen molar-refractivity contribution in [3.63, 3.8) is 0 Å². The third kappa shape index (κ3) is 6.31. The molecule has 23 heavy (non-hydrogen) atoms. The van der Waals surface area contributed by atoms with Crippen LogP contribution in [0.15, 0.2) is 24.3 Å². The van der Waals surface area contributed by atoms with Crippen LogP contribution >= 0.6 is 46.4 Å². The van der Waals surface area contributed by atoms with Crippen molar-refractivity contribution >= 4 is 59.0 Å². The molecular weight excluding hydrogens is 480 g/mol. The molecule has 0 spiro atoms. The molecule has 0 fully saturated rings. The van der Waals surface area contributed by atoms with E-state index in [1.165, 1.54) is 24.3 Å². The zero-order valence-electron chi connectivity index (χ0n) is 11.0. The van der Waals surface area contributed by atoms with Crippen molar-refractivity contribution in [3.05, 3.63) is 55.5 Å². The van der Waals surface area contributed by atoms with E-state index >= 15 is 0 Å². The van der Waals surface area contributed by atoms with E-state index in [4.69, 9.17) is 56.6 Å². The molecule has 0 radical (unpaired) electrons. The molecule has 2 N–H and O–H groups in total. The van der Waals surface area contributed by atoms with Crippen LogP contribution in [0.5, 0.6) is 11.5 Å². The minimum Gasteiger partial charge on any atom is -0.506 e. The molecule has 2 aromatic rings. The summed E-state index contributed by atoms with van der Waals surface area (Å²) in [5.41, 5.74) is 0.199. The number of benzene rings is 2. The average Bonchev–Trinajstić information content (AvgIpc) is 2.47. The molecule has 9 heteroatoms. The average molecular weight is 488 g/mol. The van der Waals surface area contributed by atoms with E-state index in [0.29, 0.717) is 22.6 Å². The van der Waals surface area contributed by atoms with Crippen LogP contribution in [0, 0.1) is 0 Å². The second kappa shape index (κ2) is 10.1. The number of carbonyl (C=O) groups is 2. The molecule has 4 nitrogen and oxygen atoms in total. The van der Waals surface area contributed by atoms with Gasteiger partial charge in [0.15, 0.2) is 12.6 Å². The predicted molar refractivity (Wildman–Crippen MR) is 87.0 cm³/mol. The number of halogens is 4. The van der Waals surface area contributed by atoms with Crippen molar-refractivity contribution in [2.24, 2.45) is 0 Å². The van der Waals surface area contributed by atoms with Gasteiger partial charge in [0, 0.05) is 30.5 Å². The summed E-state index contributed by atoms with van der Waals surface area (Å²) in [7, 11) is 0. The van der Waals surface area contributed by atoms with E-state index in [1.54, 1.807) is 0 Å². The number of carbonyl (C=O) groups excluding carboxylic acids is 2. The first-order valence-corrected chi connectivity index (χ1v) is 7.07. The van der Waals surface area contributed by atoms with Crippen LogP contribution in [0.25, 0.3) is 0 Å². The second-order valence-electron chi connectivity index (χ2n) is 3.89. The number of hydrogen-bond acceptors (Lipinski definition) is 4. The van der Waals surface area contributed by atoms with Gasteiger partial charge in [-0.15, -0.1) is 0 Å². The van der Waals surface area contributed by atoms with Gasteiger partial charge in [-0.05, 0) is 24.3 Å². The van der Waals surface area contributed by atoms with Gasteiger partial charge < -0.3 is 10.2 Å². The summed E-state index contributed by atoms with van der Waals surface area (Å²) in [5.74, 6) is -0.461. The molecule has 0 amide bonds. The Morgan fingerprint density at radius 2 is 1.00 bits per heavy atom. The second-order valence-corrected chi connectivity index (χ2v) is 5.57. The summed E-state index contributed by atoms with van der Waals surface area (Å²) in [6.45, 7) is 0.